The second-order valence-corrected chi connectivity index (χ2v) is 15.6. The van der Waals surface area contributed by atoms with Gasteiger partial charge in [0.15, 0.2) is 5.82 Å². The first-order valence-corrected chi connectivity index (χ1v) is 21.0. The highest BCUT2D eigenvalue weighted by atomic mass is 14.9. The van der Waals surface area contributed by atoms with Gasteiger partial charge in [0.2, 0.25) is 0 Å². The third-order valence-electron chi connectivity index (χ3n) is 11.8. The van der Waals surface area contributed by atoms with Crippen LogP contribution in [0.15, 0.2) is 237 Å². The standard InChI is InChI=1S/C59H39N3/c1-3-14-40(15-4-1)42-27-31-46(32-28-42)56-39-57(47-33-29-43(30-34-47)41-16-5-2-6-17-41)62-59(61-56)50-37-48(53-24-11-20-44-18-7-9-22-51(44)53)36-49(38-50)54-26-13-35-60-58(54)55-25-12-21-45-19-8-10-23-52(45)55/h1-39H. The van der Waals surface area contributed by atoms with E-state index in [1.54, 1.807) is 0 Å². The van der Waals surface area contributed by atoms with Gasteiger partial charge < -0.3 is 0 Å². The predicted molar refractivity (Wildman–Crippen MR) is 258 cm³/mol. The molecule has 0 bridgehead atoms. The Kier molecular flexibility index (Phi) is 9.53. The molecular formula is C59H39N3. The van der Waals surface area contributed by atoms with Crippen molar-refractivity contribution in [3.05, 3.63) is 237 Å². The van der Waals surface area contributed by atoms with Crippen LogP contribution in [0.25, 0.3) is 111 Å². The largest absolute Gasteiger partial charge is 0.256 e. The van der Waals surface area contributed by atoms with Gasteiger partial charge in [-0.1, -0.05) is 200 Å². The van der Waals surface area contributed by atoms with E-state index in [1.807, 2.05) is 24.4 Å². The van der Waals surface area contributed by atoms with E-state index in [2.05, 4.69) is 212 Å². The summed E-state index contributed by atoms with van der Waals surface area (Å²) in [5.41, 5.74) is 15.7. The van der Waals surface area contributed by atoms with E-state index < -0.39 is 0 Å². The van der Waals surface area contributed by atoms with Gasteiger partial charge in [-0.15, -0.1) is 0 Å². The van der Waals surface area contributed by atoms with E-state index in [4.69, 9.17) is 15.0 Å². The summed E-state index contributed by atoms with van der Waals surface area (Å²) in [5.74, 6) is 0.649. The Morgan fingerprint density at radius 1 is 0.258 bits per heavy atom. The van der Waals surface area contributed by atoms with Crippen molar-refractivity contribution < 1.29 is 0 Å². The molecule has 0 saturated heterocycles. The molecule has 11 aromatic rings. The molecule has 0 amide bonds. The lowest BCUT2D eigenvalue weighted by molar-refractivity contribution is 1.18. The summed E-state index contributed by atoms with van der Waals surface area (Å²) < 4.78 is 0. The molecule has 0 aliphatic heterocycles. The molecule has 0 fully saturated rings. The Morgan fingerprint density at radius 3 is 1.26 bits per heavy atom. The first kappa shape index (κ1) is 36.8. The van der Waals surface area contributed by atoms with Gasteiger partial charge in [-0.2, -0.15) is 0 Å². The van der Waals surface area contributed by atoms with Crippen molar-refractivity contribution in [1.29, 1.82) is 0 Å². The number of fused-ring (bicyclic) bond motifs is 2. The van der Waals surface area contributed by atoms with Crippen molar-refractivity contribution >= 4 is 21.5 Å². The van der Waals surface area contributed by atoms with Gasteiger partial charge in [-0.05, 0) is 90.8 Å². The molecule has 11 rings (SSSR count). The molecule has 62 heavy (non-hydrogen) atoms. The van der Waals surface area contributed by atoms with E-state index in [9.17, 15) is 0 Å². The highest BCUT2D eigenvalue weighted by molar-refractivity contribution is 6.01. The molecule has 0 N–H and O–H groups in total. The molecule has 0 spiro atoms. The van der Waals surface area contributed by atoms with E-state index in [0.717, 1.165) is 78.1 Å². The van der Waals surface area contributed by atoms with E-state index in [1.165, 1.54) is 27.3 Å². The maximum Gasteiger partial charge on any atom is 0.160 e. The summed E-state index contributed by atoms with van der Waals surface area (Å²) in [6, 6.07) is 81.6. The second-order valence-electron chi connectivity index (χ2n) is 15.6. The molecule has 0 aliphatic carbocycles. The number of pyridine rings is 1. The maximum absolute atomic E-state index is 5.39. The smallest absolute Gasteiger partial charge is 0.160 e. The zero-order valence-electron chi connectivity index (χ0n) is 33.9. The molecule has 0 saturated carbocycles. The van der Waals surface area contributed by atoms with Gasteiger partial charge >= 0.3 is 0 Å². The summed E-state index contributed by atoms with van der Waals surface area (Å²) in [4.78, 5) is 15.9. The SMILES string of the molecule is c1ccc(-c2ccc(-c3cc(-c4ccc(-c5ccccc5)cc4)nc(-c4cc(-c5cccnc5-c5cccc6ccccc56)cc(-c5cccc6ccccc56)c4)n3)cc2)cc1. The van der Waals surface area contributed by atoms with Crippen LogP contribution >= 0.6 is 0 Å². The predicted octanol–water partition coefficient (Wildman–Crippen LogP) is 15.5. The summed E-state index contributed by atoms with van der Waals surface area (Å²) >= 11 is 0. The van der Waals surface area contributed by atoms with E-state index in [0.29, 0.717) is 5.82 Å². The molecule has 0 radical (unpaired) electrons. The lowest BCUT2D eigenvalue weighted by Crippen LogP contribution is -1.98. The summed E-state index contributed by atoms with van der Waals surface area (Å²) in [6.07, 6.45) is 1.89. The number of hydrogen-bond acceptors (Lipinski definition) is 3. The highest BCUT2D eigenvalue weighted by Gasteiger charge is 2.18. The highest BCUT2D eigenvalue weighted by Crippen LogP contribution is 2.40. The number of aromatic nitrogens is 3. The minimum atomic E-state index is 0.649. The Labute approximate surface area is 361 Å². The monoisotopic (exact) mass is 789 g/mol. The summed E-state index contributed by atoms with van der Waals surface area (Å²) in [5, 5.41) is 4.72. The summed E-state index contributed by atoms with van der Waals surface area (Å²) in [6.45, 7) is 0. The van der Waals surface area contributed by atoms with Crippen molar-refractivity contribution in [1.82, 2.24) is 15.0 Å². The maximum atomic E-state index is 5.39. The van der Waals surface area contributed by atoms with Crippen molar-refractivity contribution in [2.24, 2.45) is 0 Å². The van der Waals surface area contributed by atoms with E-state index >= 15 is 0 Å². The molecule has 2 aromatic heterocycles. The Balaban J connectivity index is 1.12. The first-order chi connectivity index (χ1) is 30.7. The minimum absolute atomic E-state index is 0.649. The fraction of sp³-hybridized carbons (Fsp3) is 0. The molecule has 0 unspecified atom stereocenters. The third-order valence-corrected chi connectivity index (χ3v) is 11.8. The van der Waals surface area contributed by atoms with Crippen molar-refractivity contribution in [3.63, 3.8) is 0 Å². The molecule has 290 valence electrons. The van der Waals surface area contributed by atoms with Crippen LogP contribution in [0.1, 0.15) is 0 Å². The second kappa shape index (κ2) is 16.1. The van der Waals surface area contributed by atoms with Gasteiger partial charge in [-0.3, -0.25) is 4.98 Å². The van der Waals surface area contributed by atoms with Crippen LogP contribution in [0.3, 0.4) is 0 Å². The fourth-order valence-corrected chi connectivity index (χ4v) is 8.63. The molecule has 2 heterocycles. The Hall–Kier alpha value is -8.27. The van der Waals surface area contributed by atoms with Gasteiger partial charge in [0.05, 0.1) is 17.1 Å². The first-order valence-electron chi connectivity index (χ1n) is 21.0. The van der Waals surface area contributed by atoms with Crippen molar-refractivity contribution in [2.75, 3.05) is 0 Å². The minimum Gasteiger partial charge on any atom is -0.256 e. The zero-order valence-corrected chi connectivity index (χ0v) is 33.9. The number of hydrogen-bond donors (Lipinski definition) is 0. The molecule has 0 atom stereocenters. The van der Waals surface area contributed by atoms with Gasteiger partial charge in [0.25, 0.3) is 0 Å². The lowest BCUT2D eigenvalue weighted by atomic mass is 9.90. The molecule has 3 heteroatoms. The van der Waals surface area contributed by atoms with Crippen molar-refractivity contribution in [2.45, 2.75) is 0 Å². The number of benzene rings is 9. The topological polar surface area (TPSA) is 38.7 Å². The van der Waals surface area contributed by atoms with Gasteiger partial charge in [0, 0.05) is 34.0 Å². The zero-order chi connectivity index (χ0) is 41.2. The third kappa shape index (κ3) is 7.12. The lowest BCUT2D eigenvalue weighted by Gasteiger charge is -2.16. The van der Waals surface area contributed by atoms with E-state index in [-0.39, 0.29) is 0 Å². The average Bonchev–Trinajstić information content (AvgIpc) is 3.36. The van der Waals surface area contributed by atoms with Crippen LogP contribution in [0.2, 0.25) is 0 Å². The number of rotatable bonds is 8. The van der Waals surface area contributed by atoms with Crippen molar-refractivity contribution in [3.8, 4) is 89.7 Å². The van der Waals surface area contributed by atoms with Gasteiger partial charge in [0.1, 0.15) is 0 Å². The fourth-order valence-electron chi connectivity index (χ4n) is 8.63. The Bertz CT molecular complexity index is 3260. The summed E-state index contributed by atoms with van der Waals surface area (Å²) in [7, 11) is 0. The van der Waals surface area contributed by atoms with Crippen LogP contribution < -0.4 is 0 Å². The van der Waals surface area contributed by atoms with Crippen LogP contribution in [-0.2, 0) is 0 Å². The number of nitrogens with zero attached hydrogens (tertiary/aromatic N) is 3. The molecular weight excluding hydrogens is 751 g/mol. The van der Waals surface area contributed by atoms with Crippen LogP contribution in [0.4, 0.5) is 0 Å². The normalized spacial score (nSPS) is 11.2. The quantitative estimate of drug-likeness (QED) is 0.154. The van der Waals surface area contributed by atoms with Gasteiger partial charge in [-0.25, -0.2) is 9.97 Å². The average molecular weight is 790 g/mol. The van der Waals surface area contributed by atoms with Crippen LogP contribution in [0.5, 0.6) is 0 Å². The van der Waals surface area contributed by atoms with Crippen LogP contribution in [0, 0.1) is 0 Å². The molecule has 3 nitrogen and oxygen atoms in total. The molecule has 0 aliphatic rings. The molecule has 9 aromatic carbocycles. The Morgan fingerprint density at radius 2 is 0.677 bits per heavy atom. The van der Waals surface area contributed by atoms with Crippen LogP contribution in [-0.4, -0.2) is 15.0 Å².